The third kappa shape index (κ3) is 3.14. The van der Waals surface area contributed by atoms with Crippen LogP contribution < -0.4 is 0 Å². The van der Waals surface area contributed by atoms with E-state index in [-0.39, 0.29) is 41.5 Å². The Bertz CT molecular complexity index is 798. The zero-order chi connectivity index (χ0) is 19.0. The normalized spacial score (nSPS) is 32.4. The summed E-state index contributed by atoms with van der Waals surface area (Å²) in [6.45, 7) is 3.89. The van der Waals surface area contributed by atoms with Crippen molar-refractivity contribution in [3.63, 3.8) is 0 Å². The number of fused-ring (bicyclic) bond motifs is 1. The quantitative estimate of drug-likeness (QED) is 0.776. The standard InChI is InChI=1S/C22H25N3O2/c1-15-9-10-17-14-24(13-16-6-3-2-4-7-16)21(26)20(17)19(15)22(27)25-11-5-8-18(25)12-23/h2-4,6-7,9-10,15,17-20H,5,8,11,13-14H2,1H3. The number of amides is 2. The Morgan fingerprint density at radius 3 is 2.78 bits per heavy atom. The highest BCUT2D eigenvalue weighted by Gasteiger charge is 2.51. The van der Waals surface area contributed by atoms with Gasteiger partial charge < -0.3 is 9.80 Å². The van der Waals surface area contributed by atoms with E-state index in [1.54, 1.807) is 4.90 Å². The molecule has 5 atom stereocenters. The Kier molecular flexibility index (Phi) is 4.73. The SMILES string of the molecule is CC1C=CC2CN(Cc3ccccc3)C(=O)C2C1C(=O)N1CCCC1C#N. The van der Waals surface area contributed by atoms with Gasteiger partial charge in [0.15, 0.2) is 0 Å². The maximum absolute atomic E-state index is 13.3. The van der Waals surface area contributed by atoms with E-state index in [4.69, 9.17) is 0 Å². The monoisotopic (exact) mass is 363 g/mol. The number of likely N-dealkylation sites (tertiary alicyclic amines) is 2. The van der Waals surface area contributed by atoms with Crippen molar-refractivity contribution >= 4 is 11.8 Å². The molecule has 5 unspecified atom stereocenters. The summed E-state index contributed by atoms with van der Waals surface area (Å²) in [4.78, 5) is 30.1. The van der Waals surface area contributed by atoms with Gasteiger partial charge in [-0.05, 0) is 24.3 Å². The summed E-state index contributed by atoms with van der Waals surface area (Å²) in [5, 5.41) is 9.36. The van der Waals surface area contributed by atoms with Gasteiger partial charge in [0.05, 0.1) is 17.9 Å². The first-order valence-corrected chi connectivity index (χ1v) is 9.81. The van der Waals surface area contributed by atoms with Crippen molar-refractivity contribution < 1.29 is 9.59 Å². The molecule has 2 amide bonds. The molecule has 1 aromatic rings. The Labute approximate surface area is 160 Å². The minimum Gasteiger partial charge on any atom is -0.337 e. The van der Waals surface area contributed by atoms with E-state index in [1.807, 2.05) is 42.2 Å². The summed E-state index contributed by atoms with van der Waals surface area (Å²) < 4.78 is 0. The molecule has 3 aliphatic rings. The summed E-state index contributed by atoms with van der Waals surface area (Å²) in [5.41, 5.74) is 1.11. The van der Waals surface area contributed by atoms with E-state index < -0.39 is 0 Å². The van der Waals surface area contributed by atoms with Crippen LogP contribution in [0.5, 0.6) is 0 Å². The molecule has 0 bridgehead atoms. The van der Waals surface area contributed by atoms with E-state index in [9.17, 15) is 14.9 Å². The van der Waals surface area contributed by atoms with Crippen LogP contribution in [0.4, 0.5) is 0 Å². The van der Waals surface area contributed by atoms with Crippen molar-refractivity contribution in [2.24, 2.45) is 23.7 Å². The number of nitriles is 1. The molecule has 2 heterocycles. The van der Waals surface area contributed by atoms with Crippen LogP contribution in [0.3, 0.4) is 0 Å². The molecule has 2 aliphatic heterocycles. The molecule has 1 aliphatic carbocycles. The highest BCUT2D eigenvalue weighted by atomic mass is 16.2. The summed E-state index contributed by atoms with van der Waals surface area (Å²) in [6.07, 6.45) is 5.80. The van der Waals surface area contributed by atoms with Crippen molar-refractivity contribution in [2.45, 2.75) is 32.4 Å². The molecule has 2 fully saturated rings. The number of nitrogens with zero attached hydrogens (tertiary/aromatic N) is 3. The second kappa shape index (κ2) is 7.19. The summed E-state index contributed by atoms with van der Waals surface area (Å²) in [6, 6.07) is 11.9. The molecule has 0 aromatic heterocycles. The van der Waals surface area contributed by atoms with Gasteiger partial charge in [0.25, 0.3) is 0 Å². The van der Waals surface area contributed by atoms with Crippen LogP contribution in [0.15, 0.2) is 42.5 Å². The first kappa shape index (κ1) is 17.8. The predicted molar refractivity (Wildman–Crippen MR) is 101 cm³/mol. The zero-order valence-electron chi connectivity index (χ0n) is 15.6. The molecule has 140 valence electrons. The molecular weight excluding hydrogens is 338 g/mol. The number of hydrogen-bond acceptors (Lipinski definition) is 3. The van der Waals surface area contributed by atoms with Crippen LogP contribution in [0.1, 0.15) is 25.3 Å². The van der Waals surface area contributed by atoms with Gasteiger partial charge >= 0.3 is 0 Å². The molecule has 4 rings (SSSR count). The number of rotatable bonds is 3. The first-order chi connectivity index (χ1) is 13.1. The third-order valence-corrected chi connectivity index (χ3v) is 6.29. The summed E-state index contributed by atoms with van der Waals surface area (Å²) in [5.74, 6) is -0.510. The van der Waals surface area contributed by atoms with Gasteiger partial charge in [0, 0.05) is 25.6 Å². The second-order valence-electron chi connectivity index (χ2n) is 7.98. The summed E-state index contributed by atoms with van der Waals surface area (Å²) >= 11 is 0. The lowest BCUT2D eigenvalue weighted by molar-refractivity contribution is -0.145. The van der Waals surface area contributed by atoms with Crippen LogP contribution in [-0.2, 0) is 16.1 Å². The van der Waals surface area contributed by atoms with E-state index in [1.165, 1.54) is 0 Å². The van der Waals surface area contributed by atoms with Gasteiger partial charge in [-0.25, -0.2) is 0 Å². The van der Waals surface area contributed by atoms with Crippen molar-refractivity contribution in [3.05, 3.63) is 48.0 Å². The lowest BCUT2D eigenvalue weighted by atomic mass is 9.71. The van der Waals surface area contributed by atoms with E-state index in [0.29, 0.717) is 19.6 Å². The smallest absolute Gasteiger partial charge is 0.228 e. The fourth-order valence-electron chi connectivity index (χ4n) is 4.90. The van der Waals surface area contributed by atoms with Crippen molar-refractivity contribution in [1.29, 1.82) is 5.26 Å². The third-order valence-electron chi connectivity index (χ3n) is 6.29. The predicted octanol–water partition coefficient (Wildman–Crippen LogP) is 2.60. The van der Waals surface area contributed by atoms with E-state index in [2.05, 4.69) is 18.2 Å². The Hall–Kier alpha value is -2.61. The lowest BCUT2D eigenvalue weighted by Gasteiger charge is -2.35. The second-order valence-corrected chi connectivity index (χ2v) is 7.98. The number of allylic oxidation sites excluding steroid dienone is 1. The van der Waals surface area contributed by atoms with Gasteiger partial charge in [0.1, 0.15) is 6.04 Å². The highest BCUT2D eigenvalue weighted by molar-refractivity contribution is 5.90. The zero-order valence-corrected chi connectivity index (χ0v) is 15.6. The topological polar surface area (TPSA) is 64.4 Å². The molecule has 0 N–H and O–H groups in total. The van der Waals surface area contributed by atoms with Gasteiger partial charge in [-0.1, -0.05) is 49.4 Å². The molecule has 0 radical (unpaired) electrons. The number of carbonyl (C=O) groups is 2. The fourth-order valence-corrected chi connectivity index (χ4v) is 4.90. The largest absolute Gasteiger partial charge is 0.337 e. The number of carbonyl (C=O) groups excluding carboxylic acids is 2. The molecule has 0 spiro atoms. The average molecular weight is 363 g/mol. The molecule has 2 saturated heterocycles. The van der Waals surface area contributed by atoms with Gasteiger partial charge in [0.2, 0.25) is 11.8 Å². The molecule has 27 heavy (non-hydrogen) atoms. The minimum atomic E-state index is -0.359. The number of benzene rings is 1. The maximum atomic E-state index is 13.3. The van der Waals surface area contributed by atoms with Crippen LogP contribution >= 0.6 is 0 Å². The van der Waals surface area contributed by atoms with Crippen LogP contribution in [0.25, 0.3) is 0 Å². The highest BCUT2D eigenvalue weighted by Crippen LogP contribution is 2.42. The van der Waals surface area contributed by atoms with E-state index >= 15 is 0 Å². The molecule has 0 saturated carbocycles. The van der Waals surface area contributed by atoms with Crippen molar-refractivity contribution in [2.75, 3.05) is 13.1 Å². The molecular formula is C22H25N3O2. The first-order valence-electron chi connectivity index (χ1n) is 9.81. The summed E-state index contributed by atoms with van der Waals surface area (Å²) in [7, 11) is 0. The fraction of sp³-hybridized carbons (Fsp3) is 0.500. The van der Waals surface area contributed by atoms with Crippen LogP contribution in [-0.4, -0.2) is 40.7 Å². The van der Waals surface area contributed by atoms with Crippen molar-refractivity contribution in [1.82, 2.24) is 9.80 Å². The lowest BCUT2D eigenvalue weighted by Crippen LogP contribution is -2.47. The van der Waals surface area contributed by atoms with Crippen LogP contribution in [0.2, 0.25) is 0 Å². The molecule has 1 aromatic carbocycles. The Morgan fingerprint density at radius 1 is 1.26 bits per heavy atom. The Morgan fingerprint density at radius 2 is 2.04 bits per heavy atom. The Balaban J connectivity index is 1.57. The van der Waals surface area contributed by atoms with Gasteiger partial charge in [-0.3, -0.25) is 9.59 Å². The minimum absolute atomic E-state index is 0.0131. The maximum Gasteiger partial charge on any atom is 0.228 e. The van der Waals surface area contributed by atoms with Crippen molar-refractivity contribution in [3.8, 4) is 6.07 Å². The average Bonchev–Trinajstić information content (AvgIpc) is 3.28. The molecule has 5 heteroatoms. The van der Waals surface area contributed by atoms with Crippen LogP contribution in [0, 0.1) is 35.0 Å². The molecule has 5 nitrogen and oxygen atoms in total. The van der Waals surface area contributed by atoms with Gasteiger partial charge in [-0.15, -0.1) is 0 Å². The van der Waals surface area contributed by atoms with Gasteiger partial charge in [-0.2, -0.15) is 5.26 Å². The van der Waals surface area contributed by atoms with E-state index in [0.717, 1.165) is 18.4 Å². The number of hydrogen-bond donors (Lipinski definition) is 0.